The van der Waals surface area contributed by atoms with Gasteiger partial charge in [-0.05, 0) is 54.2 Å². The van der Waals surface area contributed by atoms with Crippen molar-refractivity contribution in [3.63, 3.8) is 0 Å². The van der Waals surface area contributed by atoms with Gasteiger partial charge in [0.2, 0.25) is 0 Å². The molecule has 3 aromatic carbocycles. The lowest BCUT2D eigenvalue weighted by atomic mass is 9.77. The summed E-state index contributed by atoms with van der Waals surface area (Å²) < 4.78 is 25.6. The summed E-state index contributed by atoms with van der Waals surface area (Å²) in [5, 5.41) is 13.4. The molecule has 0 fully saturated rings. The van der Waals surface area contributed by atoms with Gasteiger partial charge in [-0.1, -0.05) is 66.7 Å². The van der Waals surface area contributed by atoms with E-state index in [0.717, 1.165) is 5.56 Å². The van der Waals surface area contributed by atoms with E-state index >= 15 is 0 Å². The largest absolute Gasteiger partial charge is 0.481 e. The van der Waals surface area contributed by atoms with Gasteiger partial charge in [0, 0.05) is 6.42 Å². The molecule has 0 saturated heterocycles. The van der Waals surface area contributed by atoms with E-state index < -0.39 is 17.4 Å². The molecule has 5 heteroatoms. The molecular formula is C28H25FO4. The Hall–Kier alpha value is -3.44. The van der Waals surface area contributed by atoms with Crippen molar-refractivity contribution < 1.29 is 23.8 Å². The van der Waals surface area contributed by atoms with E-state index in [1.54, 1.807) is 12.1 Å². The lowest BCUT2D eigenvalue weighted by Crippen LogP contribution is -2.27. The van der Waals surface area contributed by atoms with Crippen LogP contribution in [0.4, 0.5) is 4.39 Å². The van der Waals surface area contributed by atoms with Gasteiger partial charge in [-0.3, -0.25) is 0 Å². The number of carbonyl (C=O) groups excluding carboxylic acids is 1. The Kier molecular flexibility index (Phi) is 6.90. The van der Waals surface area contributed by atoms with Crippen LogP contribution < -0.4 is 4.74 Å². The highest BCUT2D eigenvalue weighted by Gasteiger charge is 2.35. The Morgan fingerprint density at radius 1 is 1.00 bits per heavy atom. The minimum atomic E-state index is -1.30. The Bertz CT molecular complexity index is 1160. The Morgan fingerprint density at radius 3 is 2.48 bits per heavy atom. The maximum atomic E-state index is 14.8. The highest BCUT2D eigenvalue weighted by Crippen LogP contribution is 2.43. The summed E-state index contributed by atoms with van der Waals surface area (Å²) in [4.78, 5) is 12.1. The summed E-state index contributed by atoms with van der Waals surface area (Å²) in [6.07, 6.45) is 2.72. The molecule has 0 spiro atoms. The third-order valence-electron chi connectivity index (χ3n) is 5.87. The average Bonchev–Trinajstić information content (AvgIpc) is 2.83. The first kappa shape index (κ1) is 22.7. The molecule has 0 saturated carbocycles. The first-order valence-corrected chi connectivity index (χ1v) is 10.9. The molecule has 1 unspecified atom stereocenters. The van der Waals surface area contributed by atoms with Crippen LogP contribution in [0.25, 0.3) is 5.57 Å². The third kappa shape index (κ3) is 5.32. The van der Waals surface area contributed by atoms with Crippen molar-refractivity contribution in [3.05, 3.63) is 114 Å². The van der Waals surface area contributed by atoms with Gasteiger partial charge in [0.15, 0.2) is 6.61 Å². The fourth-order valence-electron chi connectivity index (χ4n) is 4.12. The minimum absolute atomic E-state index is 0.142. The molecule has 0 amide bonds. The normalized spacial score (nSPS) is 17.8. The maximum absolute atomic E-state index is 14.8. The molecule has 3 aromatic rings. The van der Waals surface area contributed by atoms with E-state index in [2.05, 4.69) is 6.92 Å². The summed E-state index contributed by atoms with van der Waals surface area (Å²) in [6.45, 7) is 3.78. The summed E-state index contributed by atoms with van der Waals surface area (Å²) in [6, 6.07) is 21.2. The number of allylic oxidation sites excluding steroid dienone is 1. The van der Waals surface area contributed by atoms with Crippen LogP contribution in [0.3, 0.4) is 0 Å². The van der Waals surface area contributed by atoms with Gasteiger partial charge in [-0.2, -0.15) is 0 Å². The van der Waals surface area contributed by atoms with Crippen molar-refractivity contribution >= 4 is 11.5 Å². The van der Waals surface area contributed by atoms with Crippen LogP contribution in [0.5, 0.6) is 5.75 Å². The predicted octanol–water partition coefficient (Wildman–Crippen LogP) is 6.02. The van der Waals surface area contributed by atoms with Crippen molar-refractivity contribution in [1.29, 1.82) is 0 Å². The Morgan fingerprint density at radius 2 is 1.76 bits per heavy atom. The van der Waals surface area contributed by atoms with Gasteiger partial charge in [0.25, 0.3) is 0 Å². The number of ether oxygens (including phenoxy) is 2. The monoisotopic (exact) mass is 444 g/mol. The average molecular weight is 445 g/mol. The number of hydrogen-bond donors (Lipinski definition) is 0. The number of carbonyl (C=O) groups is 1. The van der Waals surface area contributed by atoms with Crippen molar-refractivity contribution in [3.8, 4) is 5.75 Å². The second-order valence-corrected chi connectivity index (χ2v) is 8.13. The summed E-state index contributed by atoms with van der Waals surface area (Å²) in [5.41, 5.74) is 1.96. The zero-order valence-corrected chi connectivity index (χ0v) is 18.3. The first-order chi connectivity index (χ1) is 16.0. The van der Waals surface area contributed by atoms with Crippen molar-refractivity contribution in [2.24, 2.45) is 0 Å². The number of esters is 1. The molecule has 4 nitrogen and oxygen atoms in total. The number of benzene rings is 3. The zero-order valence-electron chi connectivity index (χ0n) is 18.3. The van der Waals surface area contributed by atoms with E-state index in [0.29, 0.717) is 35.1 Å². The lowest BCUT2D eigenvalue weighted by Gasteiger charge is -2.31. The quantitative estimate of drug-likeness (QED) is 0.419. The van der Waals surface area contributed by atoms with Crippen molar-refractivity contribution in [2.45, 2.75) is 31.5 Å². The van der Waals surface area contributed by atoms with Crippen LogP contribution in [0.15, 0.2) is 78.9 Å². The Labute approximate surface area is 193 Å². The van der Waals surface area contributed by atoms with Crippen molar-refractivity contribution in [2.75, 3.05) is 6.61 Å². The highest BCUT2D eigenvalue weighted by atomic mass is 19.1. The van der Waals surface area contributed by atoms with E-state index in [-0.39, 0.29) is 25.4 Å². The number of halogens is 1. The third-order valence-corrected chi connectivity index (χ3v) is 5.87. The summed E-state index contributed by atoms with van der Waals surface area (Å²) in [7, 11) is 0. The zero-order chi connectivity index (χ0) is 23.3. The molecule has 0 N–H and O–H groups in total. The topological polar surface area (TPSA) is 55.4 Å². The molecule has 0 aromatic heterocycles. The molecule has 0 aliphatic heterocycles. The van der Waals surface area contributed by atoms with Crippen molar-refractivity contribution in [1.82, 2.24) is 0 Å². The van der Waals surface area contributed by atoms with E-state index in [4.69, 9.17) is 9.47 Å². The molecule has 4 rings (SSSR count). The van der Waals surface area contributed by atoms with Gasteiger partial charge in [-0.25, -0.2) is 14.3 Å². The minimum Gasteiger partial charge on any atom is -0.481 e. The van der Waals surface area contributed by atoms with Gasteiger partial charge in [0.1, 0.15) is 23.8 Å². The number of rotatable bonds is 7. The van der Waals surface area contributed by atoms with Crippen LogP contribution >= 0.6 is 0 Å². The Balaban J connectivity index is 1.45. The summed E-state index contributed by atoms with van der Waals surface area (Å²) >= 11 is 0. The molecule has 1 aliphatic rings. The predicted molar refractivity (Wildman–Crippen MR) is 123 cm³/mol. The standard InChI is InChI=1S/C28H25FO4/c1-20-8-5-6-11-23(20)28(31)16-14-22(15-17-28)27-24(29)12-7-13-25(27)32-19-26(30)33-18-21-9-3-2-4-10-21/h2-14H,1,15-19H2. The highest BCUT2D eigenvalue weighted by molar-refractivity contribution is 5.74. The van der Waals surface area contributed by atoms with E-state index in [9.17, 15) is 14.3 Å². The lowest BCUT2D eigenvalue weighted by molar-refractivity contribution is -0.147. The molecule has 1 atom stereocenters. The van der Waals surface area contributed by atoms with Gasteiger partial charge in [0.05, 0.1) is 5.56 Å². The maximum Gasteiger partial charge on any atom is 0.344 e. The fourth-order valence-corrected chi connectivity index (χ4v) is 4.12. The van der Waals surface area contributed by atoms with Crippen LogP contribution in [-0.4, -0.2) is 12.6 Å². The second kappa shape index (κ2) is 10.0. The molecule has 0 heterocycles. The van der Waals surface area contributed by atoms with E-state index in [1.165, 1.54) is 12.1 Å². The van der Waals surface area contributed by atoms with Crippen LogP contribution in [-0.2, 0) is 26.8 Å². The molecule has 1 aliphatic carbocycles. The van der Waals surface area contributed by atoms with Crippen LogP contribution in [0.2, 0.25) is 0 Å². The molecular weight excluding hydrogens is 419 g/mol. The van der Waals surface area contributed by atoms with Crippen LogP contribution in [0.1, 0.15) is 41.5 Å². The van der Waals surface area contributed by atoms with Gasteiger partial charge < -0.3 is 9.47 Å². The van der Waals surface area contributed by atoms with Gasteiger partial charge in [-0.15, -0.1) is 0 Å². The smallest absolute Gasteiger partial charge is 0.344 e. The molecule has 2 radical (unpaired) electrons. The molecule has 0 bridgehead atoms. The second-order valence-electron chi connectivity index (χ2n) is 8.13. The van der Waals surface area contributed by atoms with E-state index in [1.807, 2.05) is 54.6 Å². The summed E-state index contributed by atoms with van der Waals surface area (Å²) in [5.74, 6) is -0.737. The first-order valence-electron chi connectivity index (χ1n) is 10.9. The molecule has 33 heavy (non-hydrogen) atoms. The SMILES string of the molecule is [CH2]c1ccccc1C1([O])CC=C(c2c(F)cccc2OCC(=O)OCc2ccccc2)CC1. The van der Waals surface area contributed by atoms with Crippen LogP contribution in [0, 0.1) is 12.7 Å². The molecule has 168 valence electrons. The fraction of sp³-hybridized carbons (Fsp3) is 0.214. The number of hydrogen-bond acceptors (Lipinski definition) is 3. The van der Waals surface area contributed by atoms with Gasteiger partial charge >= 0.3 is 5.97 Å².